The maximum atomic E-state index is 13.4. The highest BCUT2D eigenvalue weighted by molar-refractivity contribution is 6.35. The predicted molar refractivity (Wildman–Crippen MR) is 231 cm³/mol. The number of para-hydroxylation sites is 4. The van der Waals surface area contributed by atoms with Crippen molar-refractivity contribution in [2.24, 2.45) is 0 Å². The molecule has 4 atom stereocenters. The van der Waals surface area contributed by atoms with E-state index in [2.05, 4.69) is 9.97 Å². The van der Waals surface area contributed by atoms with Gasteiger partial charge in [0.05, 0.1) is 50.6 Å². The van der Waals surface area contributed by atoms with Crippen molar-refractivity contribution in [1.82, 2.24) is 19.1 Å². The molecular weight excluding hydrogens is 918 g/mol. The Labute approximate surface area is 386 Å². The minimum atomic E-state index is -1.55. The van der Waals surface area contributed by atoms with Gasteiger partial charge in [0.1, 0.15) is 25.4 Å². The second-order valence-electron chi connectivity index (χ2n) is 14.2. The van der Waals surface area contributed by atoms with E-state index in [4.69, 9.17) is 93.8 Å². The molecule has 0 saturated carbocycles. The van der Waals surface area contributed by atoms with Gasteiger partial charge in [-0.3, -0.25) is 9.13 Å². The molecule has 0 radical (unpaired) electrons. The number of hydrogen-bond donors (Lipinski definition) is 0. The Morgan fingerprint density at radius 3 is 1.42 bits per heavy atom. The average molecular weight is 957 g/mol. The van der Waals surface area contributed by atoms with E-state index in [-0.39, 0.29) is 61.6 Å². The summed E-state index contributed by atoms with van der Waals surface area (Å²) >= 11 is 25.9. The monoisotopic (exact) mass is 954 g/mol. The fourth-order valence-electron chi connectivity index (χ4n) is 7.09. The van der Waals surface area contributed by atoms with Crippen LogP contribution in [0.25, 0.3) is 0 Å². The van der Waals surface area contributed by atoms with Crippen molar-refractivity contribution in [3.8, 4) is 35.0 Å². The van der Waals surface area contributed by atoms with Gasteiger partial charge in [-0.15, -0.1) is 0 Å². The molecule has 0 aliphatic carbocycles. The van der Waals surface area contributed by atoms with Gasteiger partial charge in [-0.25, -0.2) is 19.6 Å². The summed E-state index contributed by atoms with van der Waals surface area (Å²) in [6.07, 6.45) is 4.58. The van der Waals surface area contributed by atoms with Gasteiger partial charge in [0.15, 0.2) is 23.0 Å². The van der Waals surface area contributed by atoms with E-state index < -0.39 is 35.7 Å². The fourth-order valence-corrected chi connectivity index (χ4v) is 8.20. The Morgan fingerprint density at radius 2 is 1.03 bits per heavy atom. The number of hydrogen-bond acceptors (Lipinski definition) is 14. The Bertz CT molecular complexity index is 2450. The lowest BCUT2D eigenvalue weighted by Crippen LogP contribution is -2.36. The summed E-state index contributed by atoms with van der Waals surface area (Å²) < 4.78 is 62.3. The summed E-state index contributed by atoms with van der Waals surface area (Å²) in [6, 6.07) is 23.5. The van der Waals surface area contributed by atoms with Crippen LogP contribution < -0.4 is 28.4 Å². The summed E-state index contributed by atoms with van der Waals surface area (Å²) in [6.45, 7) is 0.0901. The molecule has 0 amide bonds. The quantitative estimate of drug-likeness (QED) is 0.0680. The first-order valence-electron chi connectivity index (χ1n) is 19.5. The van der Waals surface area contributed by atoms with Gasteiger partial charge in [0.25, 0.3) is 0 Å². The van der Waals surface area contributed by atoms with Gasteiger partial charge >= 0.3 is 24.0 Å². The first kappa shape index (κ1) is 45.0. The average Bonchev–Trinajstić information content (AvgIpc) is 4.11. The first-order chi connectivity index (χ1) is 31.0. The van der Waals surface area contributed by atoms with E-state index in [0.29, 0.717) is 44.2 Å². The Hall–Kier alpha value is -5.56. The van der Waals surface area contributed by atoms with Crippen molar-refractivity contribution in [1.29, 1.82) is 0 Å². The molecule has 2 aliphatic heterocycles. The van der Waals surface area contributed by atoms with Crippen LogP contribution in [0.3, 0.4) is 0 Å². The number of carbonyl (C=O) groups excluding carboxylic acids is 2. The van der Waals surface area contributed by atoms with Gasteiger partial charge in [-0.05, 0) is 48.5 Å². The van der Waals surface area contributed by atoms with Crippen LogP contribution in [-0.2, 0) is 53.2 Å². The maximum Gasteiger partial charge on any atom is 0.425 e. The zero-order valence-electron chi connectivity index (χ0n) is 34.0. The van der Waals surface area contributed by atoms with Crippen molar-refractivity contribution >= 4 is 58.3 Å². The zero-order valence-corrected chi connectivity index (χ0v) is 37.0. The highest BCUT2D eigenvalue weighted by Gasteiger charge is 2.47. The third-order valence-electron chi connectivity index (χ3n) is 10.0. The minimum Gasteiger partial charge on any atom is -0.493 e. The Morgan fingerprint density at radius 1 is 0.625 bits per heavy atom. The molecule has 6 aromatic rings. The van der Waals surface area contributed by atoms with E-state index >= 15 is 0 Å². The molecule has 4 heterocycles. The molecule has 334 valence electrons. The lowest BCUT2D eigenvalue weighted by Gasteiger charge is -2.30. The van der Waals surface area contributed by atoms with Crippen LogP contribution in [0, 0.1) is 0 Å². The molecule has 2 aromatic heterocycles. The van der Waals surface area contributed by atoms with E-state index in [9.17, 15) is 9.59 Å². The van der Waals surface area contributed by atoms with Crippen LogP contribution in [0.1, 0.15) is 11.1 Å². The number of methoxy groups -OCH3 is 2. The smallest absolute Gasteiger partial charge is 0.425 e. The largest absolute Gasteiger partial charge is 0.493 e. The molecule has 4 aromatic carbocycles. The van der Waals surface area contributed by atoms with Gasteiger partial charge in [0, 0.05) is 46.0 Å². The standard InChI is InChI=1S/C44H38Cl4N4O12/c1-55-35-7-3-5-9-37(35)57-21-29-23-59-43(63-29,31-13-11-27(45)19-33(31)47)25-51-17-15-49-41(51)61-39(53)40(54)62-42-50-16-18-52(42)26-44(32-14-12-28(46)20-34(32)48)60-24-30(64-44)22-58-38-10-6-4-8-36(38)56-2/h3-20,29-30H,21-26H2,1-2H3. The number of carbonyl (C=O) groups is 2. The Balaban J connectivity index is 0.962. The molecule has 20 heteroatoms. The lowest BCUT2D eigenvalue weighted by molar-refractivity contribution is -0.190. The number of benzene rings is 4. The molecule has 0 spiro atoms. The van der Waals surface area contributed by atoms with Crippen LogP contribution in [-0.4, -0.2) is 83.9 Å². The highest BCUT2D eigenvalue weighted by Crippen LogP contribution is 2.43. The molecule has 0 N–H and O–H groups in total. The number of ether oxygens (including phenoxy) is 10. The number of rotatable bonds is 16. The molecule has 16 nitrogen and oxygen atoms in total. The second-order valence-corrected chi connectivity index (χ2v) is 15.9. The second kappa shape index (κ2) is 19.7. The summed E-state index contributed by atoms with van der Waals surface area (Å²) in [5.41, 5.74) is 0.859. The van der Waals surface area contributed by atoms with Crippen molar-refractivity contribution in [3.63, 3.8) is 0 Å². The molecule has 64 heavy (non-hydrogen) atoms. The maximum absolute atomic E-state index is 13.4. The fraction of sp³-hybridized carbons (Fsp3) is 0.273. The lowest BCUT2D eigenvalue weighted by atomic mass is 10.1. The normalized spacial score (nSPS) is 20.5. The van der Waals surface area contributed by atoms with E-state index in [1.807, 2.05) is 24.3 Å². The molecule has 2 aliphatic rings. The summed E-state index contributed by atoms with van der Waals surface area (Å²) in [5, 5.41) is 1.28. The van der Waals surface area contributed by atoms with Gasteiger partial charge < -0.3 is 47.4 Å². The van der Waals surface area contributed by atoms with Crippen molar-refractivity contribution in [2.75, 3.05) is 40.6 Å². The molecule has 0 bridgehead atoms. The predicted octanol–water partition coefficient (Wildman–Crippen LogP) is 7.92. The van der Waals surface area contributed by atoms with E-state index in [1.54, 1.807) is 74.9 Å². The third kappa shape index (κ3) is 9.89. The van der Waals surface area contributed by atoms with Crippen LogP contribution in [0.5, 0.6) is 35.0 Å². The Kier molecular flexibility index (Phi) is 13.8. The topological polar surface area (TPSA) is 162 Å². The van der Waals surface area contributed by atoms with E-state index in [0.717, 1.165) is 0 Å². The minimum absolute atomic E-state index is 0.0890. The van der Waals surface area contributed by atoms with Gasteiger partial charge in [0.2, 0.25) is 11.6 Å². The molecular formula is C44H38Cl4N4O12. The molecule has 8 rings (SSSR count). The summed E-state index contributed by atoms with van der Waals surface area (Å²) in [7, 11) is 3.09. The van der Waals surface area contributed by atoms with Crippen LogP contribution in [0.4, 0.5) is 0 Å². The zero-order chi connectivity index (χ0) is 44.8. The molecule has 2 saturated heterocycles. The molecule has 4 unspecified atom stereocenters. The number of aromatic nitrogens is 4. The number of nitrogens with zero attached hydrogens (tertiary/aromatic N) is 4. The SMILES string of the molecule is COc1ccccc1OCC1COC(Cn2ccnc2OC(=O)C(=O)Oc2nccn2CC2(c3ccc(Cl)cc3Cl)OCC(COc3ccccc3OC)O2)(c2ccc(Cl)cc2Cl)O1. The van der Waals surface area contributed by atoms with E-state index in [1.165, 1.54) is 33.9 Å². The van der Waals surface area contributed by atoms with Crippen molar-refractivity contribution in [2.45, 2.75) is 36.9 Å². The van der Waals surface area contributed by atoms with Crippen LogP contribution in [0.2, 0.25) is 20.1 Å². The van der Waals surface area contributed by atoms with Crippen LogP contribution in [0.15, 0.2) is 110 Å². The van der Waals surface area contributed by atoms with Crippen molar-refractivity contribution in [3.05, 3.63) is 141 Å². The number of esters is 2. The van der Waals surface area contributed by atoms with Crippen molar-refractivity contribution < 1.29 is 57.0 Å². The van der Waals surface area contributed by atoms with Gasteiger partial charge in [-0.1, -0.05) is 82.8 Å². The first-order valence-corrected chi connectivity index (χ1v) is 21.0. The summed E-state index contributed by atoms with van der Waals surface area (Å²) in [5.74, 6) is -3.79. The highest BCUT2D eigenvalue weighted by atomic mass is 35.5. The number of imidazole rings is 2. The third-order valence-corrected chi connectivity index (χ3v) is 11.1. The number of halogens is 4. The van der Waals surface area contributed by atoms with Crippen LogP contribution >= 0.6 is 46.4 Å². The van der Waals surface area contributed by atoms with Gasteiger partial charge in [-0.2, -0.15) is 0 Å². The molecule has 2 fully saturated rings. The summed E-state index contributed by atoms with van der Waals surface area (Å²) in [4.78, 5) is 35.1.